The fourth-order valence-corrected chi connectivity index (χ4v) is 2.83. The molecule has 0 amide bonds. The van der Waals surface area contributed by atoms with Crippen LogP contribution in [-0.2, 0) is 0 Å². The quantitative estimate of drug-likeness (QED) is 0.663. The highest BCUT2D eigenvalue weighted by Crippen LogP contribution is 2.45. The zero-order chi connectivity index (χ0) is 12.2. The van der Waals surface area contributed by atoms with Gasteiger partial charge in [-0.2, -0.15) is 5.26 Å². The number of hydrogen-bond acceptors (Lipinski definition) is 1. The lowest BCUT2D eigenvalue weighted by atomic mass is 9.66. The van der Waals surface area contributed by atoms with Crippen molar-refractivity contribution in [1.82, 2.24) is 0 Å². The Balaban J connectivity index is 2.60. The van der Waals surface area contributed by atoms with Crippen molar-refractivity contribution >= 4 is 0 Å². The van der Waals surface area contributed by atoms with Crippen LogP contribution in [0.15, 0.2) is 0 Å². The van der Waals surface area contributed by atoms with Crippen LogP contribution >= 0.6 is 0 Å². The number of nitrogens with zero attached hydrogens (tertiary/aromatic N) is 1. The molecule has 0 aliphatic heterocycles. The van der Waals surface area contributed by atoms with E-state index in [1.807, 2.05) is 0 Å². The molecule has 1 aliphatic carbocycles. The van der Waals surface area contributed by atoms with Gasteiger partial charge in [0.15, 0.2) is 0 Å². The molecule has 1 saturated carbocycles. The first kappa shape index (κ1) is 13.6. The van der Waals surface area contributed by atoms with Crippen molar-refractivity contribution in [2.75, 3.05) is 0 Å². The molecule has 0 spiro atoms. The molecule has 1 fully saturated rings. The maximum atomic E-state index is 9.50. The van der Waals surface area contributed by atoms with E-state index in [1.165, 1.54) is 25.7 Å². The van der Waals surface area contributed by atoms with Gasteiger partial charge in [-0.3, -0.25) is 0 Å². The van der Waals surface area contributed by atoms with Crippen molar-refractivity contribution in [3.05, 3.63) is 0 Å². The molecule has 16 heavy (non-hydrogen) atoms. The number of rotatable bonds is 3. The SMILES string of the molecule is CCC1CCCC(C#N)(CCC(C)(C)C)C1. The van der Waals surface area contributed by atoms with Crippen molar-refractivity contribution in [1.29, 1.82) is 5.26 Å². The van der Waals surface area contributed by atoms with E-state index in [2.05, 4.69) is 33.8 Å². The largest absolute Gasteiger partial charge is 0.198 e. The van der Waals surface area contributed by atoms with E-state index in [4.69, 9.17) is 0 Å². The summed E-state index contributed by atoms with van der Waals surface area (Å²) in [7, 11) is 0. The van der Waals surface area contributed by atoms with Crippen LogP contribution in [0.1, 0.15) is 72.6 Å². The van der Waals surface area contributed by atoms with Gasteiger partial charge in [-0.25, -0.2) is 0 Å². The summed E-state index contributed by atoms with van der Waals surface area (Å²) in [6.07, 6.45) is 8.41. The molecule has 0 saturated heterocycles. The van der Waals surface area contributed by atoms with Gasteiger partial charge in [0.2, 0.25) is 0 Å². The summed E-state index contributed by atoms with van der Waals surface area (Å²) in [5, 5.41) is 9.50. The van der Waals surface area contributed by atoms with Gasteiger partial charge < -0.3 is 0 Å². The molecule has 0 bridgehead atoms. The van der Waals surface area contributed by atoms with E-state index >= 15 is 0 Å². The van der Waals surface area contributed by atoms with Crippen LogP contribution in [0.2, 0.25) is 0 Å². The molecule has 1 heteroatoms. The van der Waals surface area contributed by atoms with Crippen LogP contribution in [-0.4, -0.2) is 0 Å². The number of nitriles is 1. The molecule has 0 radical (unpaired) electrons. The average molecular weight is 221 g/mol. The van der Waals surface area contributed by atoms with Gasteiger partial charge in [0.05, 0.1) is 11.5 Å². The summed E-state index contributed by atoms with van der Waals surface area (Å²) in [5.41, 5.74) is 0.370. The Morgan fingerprint density at radius 2 is 2.06 bits per heavy atom. The lowest BCUT2D eigenvalue weighted by Crippen LogP contribution is -2.28. The Kier molecular flexibility index (Phi) is 4.42. The minimum atomic E-state index is 0.00616. The second kappa shape index (κ2) is 5.21. The Morgan fingerprint density at radius 1 is 1.38 bits per heavy atom. The zero-order valence-electron chi connectivity index (χ0n) is 11.5. The van der Waals surface area contributed by atoms with Crippen LogP contribution in [0.3, 0.4) is 0 Å². The first-order valence-electron chi connectivity index (χ1n) is 6.82. The third-order valence-electron chi connectivity index (χ3n) is 4.12. The summed E-state index contributed by atoms with van der Waals surface area (Å²) in [5.74, 6) is 0.799. The maximum absolute atomic E-state index is 9.50. The monoisotopic (exact) mass is 221 g/mol. The third kappa shape index (κ3) is 3.81. The van der Waals surface area contributed by atoms with Crippen molar-refractivity contribution < 1.29 is 0 Å². The summed E-state index contributed by atoms with van der Waals surface area (Å²) >= 11 is 0. The molecule has 0 aromatic carbocycles. The summed E-state index contributed by atoms with van der Waals surface area (Å²) < 4.78 is 0. The van der Waals surface area contributed by atoms with Crippen molar-refractivity contribution in [3.63, 3.8) is 0 Å². The van der Waals surface area contributed by atoms with Crippen LogP contribution in [0, 0.1) is 28.1 Å². The van der Waals surface area contributed by atoms with E-state index < -0.39 is 0 Å². The molecule has 2 atom stereocenters. The topological polar surface area (TPSA) is 23.8 Å². The first-order chi connectivity index (χ1) is 7.41. The maximum Gasteiger partial charge on any atom is 0.0689 e. The molecule has 0 N–H and O–H groups in total. The molecular formula is C15H27N. The van der Waals surface area contributed by atoms with Gasteiger partial charge in [0.1, 0.15) is 0 Å². The van der Waals surface area contributed by atoms with Crippen LogP contribution in [0.5, 0.6) is 0 Å². The lowest BCUT2D eigenvalue weighted by Gasteiger charge is -2.37. The van der Waals surface area contributed by atoms with Crippen LogP contribution in [0.25, 0.3) is 0 Å². The molecular weight excluding hydrogens is 194 g/mol. The second-order valence-electron chi connectivity index (χ2n) is 6.82. The molecule has 92 valence electrons. The highest BCUT2D eigenvalue weighted by atomic mass is 14.4. The van der Waals surface area contributed by atoms with E-state index in [-0.39, 0.29) is 5.41 Å². The van der Waals surface area contributed by atoms with Crippen LogP contribution in [0.4, 0.5) is 0 Å². The van der Waals surface area contributed by atoms with E-state index in [9.17, 15) is 5.26 Å². The lowest BCUT2D eigenvalue weighted by molar-refractivity contribution is 0.160. The second-order valence-corrected chi connectivity index (χ2v) is 6.82. The molecule has 0 aromatic heterocycles. The fourth-order valence-electron chi connectivity index (χ4n) is 2.83. The van der Waals surface area contributed by atoms with Crippen LogP contribution < -0.4 is 0 Å². The van der Waals surface area contributed by atoms with Gasteiger partial charge in [-0.1, -0.05) is 47.0 Å². The normalized spacial score (nSPS) is 31.1. The molecule has 1 rings (SSSR count). The van der Waals surface area contributed by atoms with Gasteiger partial charge >= 0.3 is 0 Å². The Labute approximate surface area is 101 Å². The average Bonchev–Trinajstić information content (AvgIpc) is 2.26. The van der Waals surface area contributed by atoms with E-state index in [0.29, 0.717) is 5.41 Å². The van der Waals surface area contributed by atoms with Crippen molar-refractivity contribution in [3.8, 4) is 6.07 Å². The predicted molar refractivity (Wildman–Crippen MR) is 69.0 cm³/mol. The number of hydrogen-bond donors (Lipinski definition) is 0. The summed E-state index contributed by atoms with van der Waals surface area (Å²) in [4.78, 5) is 0. The molecule has 1 nitrogen and oxygen atoms in total. The Bertz CT molecular complexity index is 256. The minimum absolute atomic E-state index is 0.00616. The Morgan fingerprint density at radius 3 is 2.56 bits per heavy atom. The summed E-state index contributed by atoms with van der Waals surface area (Å²) in [6, 6.07) is 2.65. The predicted octanol–water partition coefficient (Wildman–Crippen LogP) is 4.92. The van der Waals surface area contributed by atoms with E-state index in [1.54, 1.807) is 0 Å². The first-order valence-corrected chi connectivity index (χ1v) is 6.82. The third-order valence-corrected chi connectivity index (χ3v) is 4.12. The molecule has 0 heterocycles. The van der Waals surface area contributed by atoms with Gasteiger partial charge in [0, 0.05) is 0 Å². The highest BCUT2D eigenvalue weighted by Gasteiger charge is 2.36. The zero-order valence-corrected chi connectivity index (χ0v) is 11.5. The molecule has 1 aliphatic rings. The van der Waals surface area contributed by atoms with Crippen molar-refractivity contribution in [2.45, 2.75) is 72.6 Å². The highest BCUT2D eigenvalue weighted by molar-refractivity contribution is 5.02. The standard InChI is InChI=1S/C15H27N/c1-5-13-7-6-8-15(11-13,12-16)10-9-14(2,3)4/h13H,5-11H2,1-4H3. The molecule has 0 aromatic rings. The van der Waals surface area contributed by atoms with Gasteiger partial charge in [-0.05, 0) is 37.0 Å². The molecule has 2 unspecified atom stereocenters. The fraction of sp³-hybridized carbons (Fsp3) is 0.933. The van der Waals surface area contributed by atoms with Gasteiger partial charge in [0.25, 0.3) is 0 Å². The van der Waals surface area contributed by atoms with Crippen molar-refractivity contribution in [2.24, 2.45) is 16.7 Å². The smallest absolute Gasteiger partial charge is 0.0689 e. The Hall–Kier alpha value is -0.510. The minimum Gasteiger partial charge on any atom is -0.198 e. The van der Waals surface area contributed by atoms with Gasteiger partial charge in [-0.15, -0.1) is 0 Å². The van der Waals surface area contributed by atoms with E-state index in [0.717, 1.165) is 25.2 Å². The summed E-state index contributed by atoms with van der Waals surface area (Å²) in [6.45, 7) is 9.09.